The molecule has 0 spiro atoms. The van der Waals surface area contributed by atoms with Crippen LogP contribution in [0.1, 0.15) is 55.4 Å². The van der Waals surface area contributed by atoms with Crippen LogP contribution in [0.2, 0.25) is 0 Å². The lowest BCUT2D eigenvalue weighted by molar-refractivity contribution is 0.235. The van der Waals surface area contributed by atoms with E-state index in [0.717, 1.165) is 0 Å². The molecule has 0 bridgehead atoms. The molecule has 0 aromatic rings. The van der Waals surface area contributed by atoms with E-state index in [1.807, 2.05) is 55.4 Å². The number of hydrogen-bond donors (Lipinski definition) is 0. The third-order valence-electron chi connectivity index (χ3n) is 3.10. The maximum Gasteiger partial charge on any atom is 0.261 e. The molecule has 124 valence electrons. The van der Waals surface area contributed by atoms with Gasteiger partial charge in [0.05, 0.1) is 0 Å². The summed E-state index contributed by atoms with van der Waals surface area (Å²) in [6.45, 7) is 15.2. The Bertz CT molecular complexity index is 579. The largest absolute Gasteiger partial charge is 0.283 e. The zero-order valence-electron chi connectivity index (χ0n) is 14.9. The molecule has 0 aromatic heterocycles. The van der Waals surface area contributed by atoms with Gasteiger partial charge in [-0.25, -0.2) is 0 Å². The second-order valence-corrected chi connectivity index (χ2v) is 12.4. The topological polar surface area (TPSA) is 40.6 Å². The maximum absolute atomic E-state index is 13.6. The third kappa shape index (κ3) is 3.19. The molecule has 0 amide bonds. The fourth-order valence-corrected chi connectivity index (χ4v) is 11.7. The molecule has 1 fully saturated rings. The first-order valence-corrected chi connectivity index (χ1v) is 10.8. The molecule has 0 radical (unpaired) electrons. The van der Waals surface area contributed by atoms with E-state index in [2.05, 4.69) is 11.5 Å². The van der Waals surface area contributed by atoms with Gasteiger partial charge in [-0.3, -0.25) is 9.13 Å². The van der Waals surface area contributed by atoms with Crippen LogP contribution in [0.3, 0.4) is 0 Å². The van der Waals surface area contributed by atoms with Gasteiger partial charge in [0.15, 0.2) is 0 Å². The van der Waals surface area contributed by atoms with Crippen LogP contribution in [0.25, 0.3) is 0 Å². The molecule has 0 N–H and O–H groups in total. The van der Waals surface area contributed by atoms with Crippen molar-refractivity contribution in [3.05, 3.63) is 35.2 Å². The zero-order chi connectivity index (χ0) is 17.4. The van der Waals surface area contributed by atoms with Crippen LogP contribution < -0.4 is 0 Å². The smallest absolute Gasteiger partial charge is 0.261 e. The van der Waals surface area contributed by atoms with Gasteiger partial charge in [0.25, 0.3) is 14.9 Å². The first-order valence-electron chi connectivity index (χ1n) is 7.44. The average Bonchev–Trinajstić information content (AvgIpc) is 2.29. The summed E-state index contributed by atoms with van der Waals surface area (Å²) >= 11 is 0. The fourth-order valence-electron chi connectivity index (χ4n) is 2.78. The molecule has 6 heteroatoms. The first-order chi connectivity index (χ1) is 9.85. The molecule has 0 saturated carbocycles. The summed E-state index contributed by atoms with van der Waals surface area (Å²) < 4.78 is 30.6. The quantitative estimate of drug-likeness (QED) is 0.458. The first kappa shape index (κ1) is 19.5. The summed E-state index contributed by atoms with van der Waals surface area (Å²) in [5, 5.41) is 0. The van der Waals surface area contributed by atoms with Gasteiger partial charge in [-0.15, -0.1) is 11.5 Å². The Hall–Kier alpha value is -0.580. The summed E-state index contributed by atoms with van der Waals surface area (Å²) in [5.41, 5.74) is 4.87. The molecule has 0 atom stereocenters. The summed E-state index contributed by atoms with van der Waals surface area (Å²) in [7, 11) is -6.17. The van der Waals surface area contributed by atoms with Crippen LogP contribution >= 0.6 is 14.9 Å². The highest BCUT2D eigenvalue weighted by Gasteiger charge is 2.68. The van der Waals surface area contributed by atoms with Gasteiger partial charge < -0.3 is 0 Å². The van der Waals surface area contributed by atoms with E-state index in [1.54, 1.807) is 32.7 Å². The Morgan fingerprint density at radius 2 is 1.00 bits per heavy atom. The minimum atomic E-state index is -3.08. The second-order valence-electron chi connectivity index (χ2n) is 7.27. The Labute approximate surface area is 135 Å². The fraction of sp³-hybridized carbons (Fsp3) is 0.625. The number of rotatable bonds is 2. The molecular weight excluding hydrogens is 314 g/mol. The van der Waals surface area contributed by atoms with Crippen LogP contribution in [0.5, 0.6) is 0 Å². The van der Waals surface area contributed by atoms with Crippen molar-refractivity contribution in [2.24, 2.45) is 0 Å². The van der Waals surface area contributed by atoms with Crippen LogP contribution in [-0.4, -0.2) is 20.0 Å². The van der Waals surface area contributed by atoms with E-state index in [9.17, 15) is 9.13 Å². The van der Waals surface area contributed by atoms with Crippen LogP contribution in [0.15, 0.2) is 35.2 Å². The lowest BCUT2D eigenvalue weighted by atomic mass is 10.1. The highest BCUT2D eigenvalue weighted by atomic mass is 31.3. The van der Waals surface area contributed by atoms with E-state index in [0.29, 0.717) is 0 Å². The Morgan fingerprint density at radius 3 is 1.18 bits per heavy atom. The van der Waals surface area contributed by atoms with Crippen LogP contribution in [-0.2, 0) is 9.13 Å². The average molecular weight is 342 g/mol. The van der Waals surface area contributed by atoms with Crippen molar-refractivity contribution in [2.75, 3.05) is 0 Å². The van der Waals surface area contributed by atoms with Crippen molar-refractivity contribution in [1.82, 2.24) is 8.88 Å². The van der Waals surface area contributed by atoms with Gasteiger partial charge >= 0.3 is 0 Å². The monoisotopic (exact) mass is 342 g/mol. The lowest BCUT2D eigenvalue weighted by Crippen LogP contribution is -2.55. The Balaban J connectivity index is 3.69. The predicted octanol–water partition coefficient (Wildman–Crippen LogP) is 5.96. The minimum Gasteiger partial charge on any atom is -0.283 e. The van der Waals surface area contributed by atoms with Gasteiger partial charge in [-0.05, 0) is 67.5 Å². The van der Waals surface area contributed by atoms with E-state index in [1.165, 1.54) is 0 Å². The lowest BCUT2D eigenvalue weighted by Gasteiger charge is -2.61. The second kappa shape index (κ2) is 6.14. The summed E-state index contributed by atoms with van der Waals surface area (Å²) in [6.07, 6.45) is 3.43. The standard InChI is InChI=1S/C16H28N2O2P2/c1-9-11-13-21(19)17(15(3,4)5)22(20,14-12-10-2)18(21)16(6,7)8/h9-10,13-14H,1-8H3. The molecule has 1 aliphatic heterocycles. The molecule has 0 aromatic carbocycles. The van der Waals surface area contributed by atoms with Crippen molar-refractivity contribution < 1.29 is 9.13 Å². The van der Waals surface area contributed by atoms with Gasteiger partial charge in [0, 0.05) is 22.7 Å². The highest BCUT2D eigenvalue weighted by Crippen LogP contribution is 2.90. The van der Waals surface area contributed by atoms with Gasteiger partial charge in [-0.1, -0.05) is 0 Å². The van der Waals surface area contributed by atoms with Crippen molar-refractivity contribution in [1.29, 1.82) is 0 Å². The molecule has 1 saturated heterocycles. The zero-order valence-corrected chi connectivity index (χ0v) is 16.7. The molecule has 1 rings (SSSR count). The van der Waals surface area contributed by atoms with Gasteiger partial charge in [0.2, 0.25) is 0 Å². The third-order valence-corrected chi connectivity index (χ3v) is 11.7. The highest BCUT2D eigenvalue weighted by molar-refractivity contribution is 7.91. The van der Waals surface area contributed by atoms with Crippen molar-refractivity contribution in [2.45, 2.75) is 66.5 Å². The molecule has 1 heterocycles. The number of hydrogen-bond acceptors (Lipinski definition) is 2. The molecule has 4 nitrogen and oxygen atoms in total. The van der Waals surface area contributed by atoms with E-state index < -0.39 is 26.0 Å². The van der Waals surface area contributed by atoms with Gasteiger partial charge in [-0.2, -0.15) is 8.88 Å². The Morgan fingerprint density at radius 1 is 0.727 bits per heavy atom. The molecule has 1 aliphatic rings. The molecule has 0 aliphatic carbocycles. The normalized spacial score (nSPS) is 29.8. The van der Waals surface area contributed by atoms with Crippen molar-refractivity contribution in [3.8, 4) is 0 Å². The predicted molar refractivity (Wildman–Crippen MR) is 95.1 cm³/mol. The van der Waals surface area contributed by atoms with Crippen molar-refractivity contribution >= 4 is 14.9 Å². The molecular formula is C16H28N2O2P2. The van der Waals surface area contributed by atoms with Crippen LogP contribution in [0, 0.1) is 0 Å². The van der Waals surface area contributed by atoms with E-state index >= 15 is 0 Å². The van der Waals surface area contributed by atoms with E-state index in [4.69, 9.17) is 0 Å². The summed E-state index contributed by atoms with van der Waals surface area (Å²) in [4.78, 5) is 0. The summed E-state index contributed by atoms with van der Waals surface area (Å²) in [6, 6.07) is 0. The molecule has 22 heavy (non-hydrogen) atoms. The number of allylic oxidation sites excluding steroid dienone is 2. The van der Waals surface area contributed by atoms with Gasteiger partial charge in [0.1, 0.15) is 0 Å². The summed E-state index contributed by atoms with van der Waals surface area (Å²) in [5.74, 6) is 3.15. The Kier molecular flexibility index (Phi) is 5.43. The minimum absolute atomic E-state index is 0.495. The number of nitrogens with zero attached hydrogens (tertiary/aromatic N) is 2. The maximum atomic E-state index is 13.6. The molecule has 0 unspecified atom stereocenters. The van der Waals surface area contributed by atoms with Crippen molar-refractivity contribution in [3.63, 3.8) is 0 Å². The van der Waals surface area contributed by atoms with Crippen LogP contribution in [0.4, 0.5) is 0 Å². The SMILES string of the molecule is CC=C=CP1(=O)N(C(C)(C)C)P(=O)(C=C=CC)N1C(C)(C)C. The van der Waals surface area contributed by atoms with E-state index in [-0.39, 0.29) is 0 Å².